The third kappa shape index (κ3) is 3.93. The molecule has 130 valence electrons. The zero-order valence-corrected chi connectivity index (χ0v) is 14.9. The van der Waals surface area contributed by atoms with E-state index in [4.69, 9.17) is 0 Å². The van der Waals surface area contributed by atoms with Crippen molar-refractivity contribution in [3.05, 3.63) is 47.9 Å². The normalized spacial score (nSPS) is 12.2. The molecule has 0 aliphatic rings. The van der Waals surface area contributed by atoms with Crippen molar-refractivity contribution in [1.29, 1.82) is 0 Å². The maximum absolute atomic E-state index is 11.1. The Hall–Kier alpha value is -2.96. The molecular weight excluding hydrogens is 316 g/mol. The molecule has 0 saturated carbocycles. The first-order chi connectivity index (χ1) is 11.9. The molecule has 0 fully saturated rings. The fraction of sp³-hybridized carbons (Fsp3) is 0.333. The van der Waals surface area contributed by atoms with E-state index in [1.165, 1.54) is 6.92 Å². The van der Waals surface area contributed by atoms with E-state index >= 15 is 0 Å². The molecule has 3 aromatic rings. The van der Waals surface area contributed by atoms with Crippen molar-refractivity contribution >= 4 is 11.6 Å². The second-order valence-corrected chi connectivity index (χ2v) is 6.30. The Kier molecular flexibility index (Phi) is 4.65. The molecule has 0 aliphatic carbocycles. The monoisotopic (exact) mass is 338 g/mol. The van der Waals surface area contributed by atoms with Gasteiger partial charge in [0, 0.05) is 23.9 Å². The van der Waals surface area contributed by atoms with Crippen molar-refractivity contribution in [2.45, 2.75) is 40.3 Å². The van der Waals surface area contributed by atoms with Gasteiger partial charge in [0.1, 0.15) is 5.69 Å². The van der Waals surface area contributed by atoms with Gasteiger partial charge in [-0.05, 0) is 39.0 Å². The molecule has 0 spiro atoms. The summed E-state index contributed by atoms with van der Waals surface area (Å²) in [6.45, 7) is 8.37. The maximum atomic E-state index is 11.1. The summed E-state index contributed by atoms with van der Waals surface area (Å²) >= 11 is 0. The molecule has 1 N–H and O–H groups in total. The van der Waals surface area contributed by atoms with Crippen LogP contribution in [0.2, 0.25) is 0 Å². The van der Waals surface area contributed by atoms with Crippen LogP contribution in [0.25, 0.3) is 11.3 Å². The van der Waals surface area contributed by atoms with Crippen molar-refractivity contribution < 1.29 is 4.79 Å². The van der Waals surface area contributed by atoms with Crippen LogP contribution in [0.15, 0.2) is 36.5 Å². The van der Waals surface area contributed by atoms with Gasteiger partial charge in [0.2, 0.25) is 5.91 Å². The first kappa shape index (κ1) is 16.9. The molecule has 0 aliphatic heterocycles. The number of hydrogen-bond acceptors (Lipinski definition) is 4. The number of nitrogens with zero attached hydrogens (tertiary/aromatic N) is 5. The lowest BCUT2D eigenvalue weighted by molar-refractivity contribution is -0.114. The second kappa shape index (κ2) is 6.88. The van der Waals surface area contributed by atoms with E-state index in [1.807, 2.05) is 46.7 Å². The predicted molar refractivity (Wildman–Crippen MR) is 96.2 cm³/mol. The first-order valence-electron chi connectivity index (χ1n) is 8.23. The highest BCUT2D eigenvalue weighted by Crippen LogP contribution is 2.20. The smallest absolute Gasteiger partial charge is 0.221 e. The molecule has 1 unspecified atom stereocenters. The Balaban J connectivity index is 1.73. The van der Waals surface area contributed by atoms with Crippen LogP contribution in [0.5, 0.6) is 0 Å². The summed E-state index contributed by atoms with van der Waals surface area (Å²) in [4.78, 5) is 11.1. The summed E-state index contributed by atoms with van der Waals surface area (Å²) in [5.41, 5.74) is 4.68. The summed E-state index contributed by atoms with van der Waals surface area (Å²) in [5.74, 6) is -0.0864. The Morgan fingerprint density at radius 1 is 1.24 bits per heavy atom. The van der Waals surface area contributed by atoms with Gasteiger partial charge in [-0.3, -0.25) is 9.48 Å². The Labute approximate surface area is 146 Å². The molecule has 2 heterocycles. The Morgan fingerprint density at radius 2 is 1.96 bits per heavy atom. The molecule has 7 heteroatoms. The van der Waals surface area contributed by atoms with Crippen LogP contribution in [-0.4, -0.2) is 30.7 Å². The fourth-order valence-electron chi connectivity index (χ4n) is 2.75. The summed E-state index contributed by atoms with van der Waals surface area (Å²) < 4.78 is 3.84. The fourth-order valence-corrected chi connectivity index (χ4v) is 2.75. The molecule has 3 rings (SSSR count). The summed E-state index contributed by atoms with van der Waals surface area (Å²) in [6.07, 6.45) is 1.93. The number of anilines is 1. The summed E-state index contributed by atoms with van der Waals surface area (Å²) in [6, 6.07) is 9.76. The van der Waals surface area contributed by atoms with E-state index in [2.05, 4.69) is 40.6 Å². The zero-order valence-electron chi connectivity index (χ0n) is 14.9. The number of amides is 1. The quantitative estimate of drug-likeness (QED) is 0.776. The number of hydrogen-bond donors (Lipinski definition) is 1. The molecule has 2 aromatic heterocycles. The van der Waals surface area contributed by atoms with E-state index in [0.717, 1.165) is 34.9 Å². The van der Waals surface area contributed by atoms with Gasteiger partial charge < -0.3 is 5.32 Å². The van der Waals surface area contributed by atoms with Crippen molar-refractivity contribution in [2.24, 2.45) is 0 Å². The predicted octanol–water partition coefficient (Wildman–Crippen LogP) is 2.98. The van der Waals surface area contributed by atoms with Crippen LogP contribution >= 0.6 is 0 Å². The van der Waals surface area contributed by atoms with Crippen molar-refractivity contribution in [3.8, 4) is 11.3 Å². The SMILES string of the molecule is CC(=O)Nc1ccc(-c2cn(C(C)Cn3nc(C)cc3C)nn2)cc1. The second-order valence-electron chi connectivity index (χ2n) is 6.30. The van der Waals surface area contributed by atoms with Crippen molar-refractivity contribution in [1.82, 2.24) is 24.8 Å². The number of carbonyl (C=O) groups excluding carboxylic acids is 1. The minimum Gasteiger partial charge on any atom is -0.326 e. The van der Waals surface area contributed by atoms with Crippen LogP contribution in [-0.2, 0) is 11.3 Å². The number of carbonyl (C=O) groups is 1. The largest absolute Gasteiger partial charge is 0.326 e. The lowest BCUT2D eigenvalue weighted by Gasteiger charge is -2.12. The van der Waals surface area contributed by atoms with Gasteiger partial charge in [-0.25, -0.2) is 4.68 Å². The van der Waals surface area contributed by atoms with Gasteiger partial charge in [-0.1, -0.05) is 17.3 Å². The van der Waals surface area contributed by atoms with Crippen LogP contribution < -0.4 is 5.32 Å². The van der Waals surface area contributed by atoms with Crippen LogP contribution in [0, 0.1) is 13.8 Å². The lowest BCUT2D eigenvalue weighted by Crippen LogP contribution is -2.15. The average molecular weight is 338 g/mol. The summed E-state index contributed by atoms with van der Waals surface area (Å²) in [7, 11) is 0. The van der Waals surface area contributed by atoms with E-state index in [-0.39, 0.29) is 11.9 Å². The van der Waals surface area contributed by atoms with Gasteiger partial charge in [0.15, 0.2) is 0 Å². The Morgan fingerprint density at radius 3 is 2.56 bits per heavy atom. The first-order valence-corrected chi connectivity index (χ1v) is 8.23. The van der Waals surface area contributed by atoms with Gasteiger partial charge in [0.05, 0.1) is 24.5 Å². The molecule has 0 bridgehead atoms. The number of nitrogens with one attached hydrogen (secondary N) is 1. The molecule has 1 aromatic carbocycles. The standard InChI is InChI=1S/C18H22N6O/c1-12-9-13(2)23(21-12)10-14(3)24-11-18(20-22-24)16-5-7-17(8-6-16)19-15(4)25/h5-9,11,14H,10H2,1-4H3,(H,19,25). The Bertz CT molecular complexity index is 877. The molecule has 25 heavy (non-hydrogen) atoms. The third-order valence-corrected chi connectivity index (χ3v) is 4.00. The van der Waals surface area contributed by atoms with E-state index in [1.54, 1.807) is 0 Å². The zero-order chi connectivity index (χ0) is 18.0. The van der Waals surface area contributed by atoms with Crippen molar-refractivity contribution in [2.75, 3.05) is 5.32 Å². The van der Waals surface area contributed by atoms with Gasteiger partial charge >= 0.3 is 0 Å². The molecule has 1 amide bonds. The van der Waals surface area contributed by atoms with Gasteiger partial charge in [0.25, 0.3) is 0 Å². The summed E-state index contributed by atoms with van der Waals surface area (Å²) in [5, 5.41) is 15.8. The van der Waals surface area contributed by atoms with Crippen LogP contribution in [0.1, 0.15) is 31.3 Å². The molecule has 0 saturated heterocycles. The average Bonchev–Trinajstić information content (AvgIpc) is 3.15. The van der Waals surface area contributed by atoms with Crippen molar-refractivity contribution in [3.63, 3.8) is 0 Å². The number of aryl methyl sites for hydroxylation is 2. The topological polar surface area (TPSA) is 77.6 Å². The maximum Gasteiger partial charge on any atom is 0.221 e. The molecule has 7 nitrogen and oxygen atoms in total. The van der Waals surface area contributed by atoms with Gasteiger partial charge in [-0.2, -0.15) is 5.10 Å². The third-order valence-electron chi connectivity index (χ3n) is 4.00. The van der Waals surface area contributed by atoms with Crippen LogP contribution in [0.3, 0.4) is 0 Å². The number of rotatable bonds is 5. The molecular formula is C18H22N6O. The van der Waals surface area contributed by atoms with Gasteiger partial charge in [-0.15, -0.1) is 5.10 Å². The van der Waals surface area contributed by atoms with E-state index in [9.17, 15) is 4.79 Å². The van der Waals surface area contributed by atoms with Crippen LogP contribution in [0.4, 0.5) is 5.69 Å². The highest BCUT2D eigenvalue weighted by atomic mass is 16.1. The molecule has 0 radical (unpaired) electrons. The minimum absolute atomic E-state index is 0.0864. The highest BCUT2D eigenvalue weighted by Gasteiger charge is 2.12. The highest BCUT2D eigenvalue weighted by molar-refractivity contribution is 5.88. The molecule has 1 atom stereocenters. The van der Waals surface area contributed by atoms with E-state index in [0.29, 0.717) is 0 Å². The number of aromatic nitrogens is 5. The lowest BCUT2D eigenvalue weighted by atomic mass is 10.1. The van der Waals surface area contributed by atoms with E-state index < -0.39 is 0 Å². The minimum atomic E-state index is -0.0864. The number of benzene rings is 1.